The molecule has 0 atom stereocenters. The summed E-state index contributed by atoms with van der Waals surface area (Å²) in [5.41, 5.74) is 9.00. The summed E-state index contributed by atoms with van der Waals surface area (Å²) in [5.74, 6) is 0.664. The second-order valence-corrected chi connectivity index (χ2v) is 6.23. The number of anilines is 1. The summed E-state index contributed by atoms with van der Waals surface area (Å²) >= 11 is 0. The molecule has 5 nitrogen and oxygen atoms in total. The van der Waals surface area contributed by atoms with Gasteiger partial charge in [-0.1, -0.05) is 19.9 Å². The number of nitrogens with zero attached hydrogens (tertiary/aromatic N) is 3. The molecule has 118 valence electrons. The summed E-state index contributed by atoms with van der Waals surface area (Å²) in [6, 6.07) is 7.72. The van der Waals surface area contributed by atoms with Crippen molar-refractivity contribution in [2.45, 2.75) is 27.3 Å². The molecule has 23 heavy (non-hydrogen) atoms. The van der Waals surface area contributed by atoms with Crippen LogP contribution in [0.15, 0.2) is 41.5 Å². The van der Waals surface area contributed by atoms with Crippen molar-refractivity contribution in [1.82, 2.24) is 14.5 Å². The van der Waals surface area contributed by atoms with Crippen LogP contribution in [-0.4, -0.2) is 14.5 Å². The molecule has 0 fully saturated rings. The van der Waals surface area contributed by atoms with Gasteiger partial charge in [0.1, 0.15) is 0 Å². The summed E-state index contributed by atoms with van der Waals surface area (Å²) in [4.78, 5) is 21.1. The van der Waals surface area contributed by atoms with Crippen molar-refractivity contribution in [3.63, 3.8) is 0 Å². The first-order valence-corrected chi connectivity index (χ1v) is 7.68. The Kier molecular flexibility index (Phi) is 3.86. The Morgan fingerprint density at radius 1 is 1.26 bits per heavy atom. The molecule has 2 N–H and O–H groups in total. The fraction of sp³-hybridized carbons (Fsp3) is 0.278. The third-order valence-corrected chi connectivity index (χ3v) is 3.82. The average molecular weight is 308 g/mol. The van der Waals surface area contributed by atoms with Crippen molar-refractivity contribution in [3.8, 4) is 11.1 Å². The molecule has 2 heterocycles. The van der Waals surface area contributed by atoms with Crippen LogP contribution in [0.1, 0.15) is 19.4 Å². The molecule has 0 spiro atoms. The van der Waals surface area contributed by atoms with Gasteiger partial charge in [0.05, 0.1) is 11.1 Å². The summed E-state index contributed by atoms with van der Waals surface area (Å²) in [7, 11) is 0. The maximum atomic E-state index is 12.8. The van der Waals surface area contributed by atoms with Gasteiger partial charge in [-0.15, -0.1) is 0 Å². The number of aryl methyl sites for hydroxylation is 1. The molecular formula is C18H20N4O. The van der Waals surface area contributed by atoms with Crippen LogP contribution < -0.4 is 11.3 Å². The minimum atomic E-state index is 0.0365. The summed E-state index contributed by atoms with van der Waals surface area (Å²) < 4.78 is 1.77. The van der Waals surface area contributed by atoms with Crippen LogP contribution in [0.5, 0.6) is 0 Å². The Hall–Kier alpha value is -2.69. The lowest BCUT2D eigenvalue weighted by atomic mass is 10.0. The van der Waals surface area contributed by atoms with Crippen molar-refractivity contribution in [1.29, 1.82) is 0 Å². The molecule has 3 rings (SSSR count). The largest absolute Gasteiger partial charge is 0.368 e. The van der Waals surface area contributed by atoms with Crippen molar-refractivity contribution in [3.05, 3.63) is 52.6 Å². The molecule has 0 aliphatic rings. The van der Waals surface area contributed by atoms with Gasteiger partial charge in [-0.25, -0.2) is 9.97 Å². The number of aromatic nitrogens is 3. The van der Waals surface area contributed by atoms with Gasteiger partial charge in [-0.3, -0.25) is 4.79 Å². The Balaban J connectivity index is 2.18. The molecular weight excluding hydrogens is 288 g/mol. The maximum absolute atomic E-state index is 12.8. The third kappa shape index (κ3) is 2.95. The molecule has 0 aliphatic heterocycles. The van der Waals surface area contributed by atoms with Gasteiger partial charge in [0.15, 0.2) is 0 Å². The summed E-state index contributed by atoms with van der Waals surface area (Å²) in [6.45, 7) is 6.87. The number of pyridine rings is 1. The fourth-order valence-electron chi connectivity index (χ4n) is 2.76. The topological polar surface area (TPSA) is 73.8 Å². The van der Waals surface area contributed by atoms with Crippen LogP contribution in [0, 0.1) is 12.8 Å². The van der Waals surface area contributed by atoms with Crippen molar-refractivity contribution in [2.24, 2.45) is 5.92 Å². The minimum Gasteiger partial charge on any atom is -0.368 e. The normalized spacial score (nSPS) is 11.3. The van der Waals surface area contributed by atoms with E-state index in [1.165, 1.54) is 0 Å². The van der Waals surface area contributed by atoms with Crippen LogP contribution in [0.25, 0.3) is 22.0 Å². The zero-order valence-electron chi connectivity index (χ0n) is 13.6. The Bertz CT molecular complexity index is 928. The van der Waals surface area contributed by atoms with Gasteiger partial charge in [-0.05, 0) is 42.2 Å². The first-order chi connectivity index (χ1) is 11.0. The first-order valence-electron chi connectivity index (χ1n) is 7.68. The zero-order valence-corrected chi connectivity index (χ0v) is 13.6. The highest BCUT2D eigenvalue weighted by atomic mass is 16.1. The van der Waals surface area contributed by atoms with Crippen LogP contribution in [0.4, 0.5) is 5.95 Å². The van der Waals surface area contributed by atoms with Gasteiger partial charge >= 0.3 is 0 Å². The van der Waals surface area contributed by atoms with E-state index in [1.54, 1.807) is 10.8 Å². The van der Waals surface area contributed by atoms with E-state index in [0.717, 1.165) is 27.6 Å². The molecule has 2 aromatic heterocycles. The van der Waals surface area contributed by atoms with Crippen LogP contribution in [0.2, 0.25) is 0 Å². The lowest BCUT2D eigenvalue weighted by Gasteiger charge is -2.13. The number of nitrogen functional groups attached to an aromatic ring is 1. The second-order valence-electron chi connectivity index (χ2n) is 6.23. The van der Waals surface area contributed by atoms with Crippen LogP contribution in [-0.2, 0) is 6.54 Å². The van der Waals surface area contributed by atoms with Gasteiger partial charge in [-0.2, -0.15) is 0 Å². The van der Waals surface area contributed by atoms with E-state index in [9.17, 15) is 4.79 Å². The summed E-state index contributed by atoms with van der Waals surface area (Å²) in [5, 5.41) is 0.870. The van der Waals surface area contributed by atoms with Gasteiger partial charge in [0.25, 0.3) is 5.56 Å². The van der Waals surface area contributed by atoms with E-state index in [2.05, 4.69) is 23.8 Å². The highest BCUT2D eigenvalue weighted by Crippen LogP contribution is 2.23. The molecule has 0 saturated heterocycles. The molecule has 0 radical (unpaired) electrons. The Labute approximate surface area is 134 Å². The maximum Gasteiger partial charge on any atom is 0.258 e. The molecule has 0 amide bonds. The SMILES string of the molecule is Cc1ccn(CC(C)C)c(=O)c1-c1ccc2nc(N)ncc2c1. The van der Waals surface area contributed by atoms with Crippen molar-refractivity contribution < 1.29 is 0 Å². The minimum absolute atomic E-state index is 0.0365. The molecule has 0 bridgehead atoms. The molecule has 3 aromatic rings. The highest BCUT2D eigenvalue weighted by molar-refractivity contribution is 5.84. The lowest BCUT2D eigenvalue weighted by Crippen LogP contribution is -2.24. The van der Waals surface area contributed by atoms with Gasteiger partial charge in [0, 0.05) is 24.3 Å². The average Bonchev–Trinajstić information content (AvgIpc) is 2.50. The van der Waals surface area contributed by atoms with E-state index in [1.807, 2.05) is 37.4 Å². The smallest absolute Gasteiger partial charge is 0.258 e. The Morgan fingerprint density at radius 2 is 2.04 bits per heavy atom. The number of benzene rings is 1. The number of nitrogens with two attached hydrogens (primary N) is 1. The number of rotatable bonds is 3. The quantitative estimate of drug-likeness (QED) is 0.807. The van der Waals surface area contributed by atoms with Gasteiger partial charge < -0.3 is 10.3 Å². The molecule has 1 aromatic carbocycles. The predicted octanol–water partition coefficient (Wildman–Crippen LogP) is 3.01. The third-order valence-electron chi connectivity index (χ3n) is 3.82. The highest BCUT2D eigenvalue weighted by Gasteiger charge is 2.11. The molecule has 0 saturated carbocycles. The van der Waals surface area contributed by atoms with Crippen molar-refractivity contribution in [2.75, 3.05) is 5.73 Å². The van der Waals surface area contributed by atoms with Gasteiger partial charge in [0.2, 0.25) is 5.95 Å². The molecule has 0 aliphatic carbocycles. The lowest BCUT2D eigenvalue weighted by molar-refractivity contribution is 0.511. The molecule has 5 heteroatoms. The first kappa shape index (κ1) is 15.2. The van der Waals surface area contributed by atoms with Crippen molar-refractivity contribution >= 4 is 16.9 Å². The number of hydrogen-bond donors (Lipinski definition) is 1. The second kappa shape index (κ2) is 5.83. The number of fused-ring (bicyclic) bond motifs is 1. The van der Waals surface area contributed by atoms with E-state index in [4.69, 9.17) is 5.73 Å². The van der Waals surface area contributed by atoms with E-state index in [0.29, 0.717) is 12.5 Å². The zero-order chi connectivity index (χ0) is 16.6. The monoisotopic (exact) mass is 308 g/mol. The van der Waals surface area contributed by atoms with E-state index < -0.39 is 0 Å². The van der Waals surface area contributed by atoms with Crippen LogP contribution in [0.3, 0.4) is 0 Å². The molecule has 0 unspecified atom stereocenters. The summed E-state index contributed by atoms with van der Waals surface area (Å²) in [6.07, 6.45) is 3.55. The number of hydrogen-bond acceptors (Lipinski definition) is 4. The fourth-order valence-corrected chi connectivity index (χ4v) is 2.76. The standard InChI is InChI=1S/C18H20N4O/c1-11(2)10-22-7-6-12(3)16(17(22)23)13-4-5-15-14(8-13)9-20-18(19)21-15/h4-9,11H,10H2,1-3H3,(H2,19,20,21). The predicted molar refractivity (Wildman–Crippen MR) is 93.2 cm³/mol. The van der Waals surface area contributed by atoms with Crippen LogP contribution >= 0.6 is 0 Å². The van der Waals surface area contributed by atoms with E-state index >= 15 is 0 Å². The Morgan fingerprint density at radius 3 is 2.78 bits per heavy atom. The van der Waals surface area contributed by atoms with E-state index in [-0.39, 0.29) is 11.5 Å².